The Labute approximate surface area is 377 Å². The second kappa shape index (κ2) is 18.1. The summed E-state index contributed by atoms with van der Waals surface area (Å²) >= 11 is 0. The molecule has 4 aromatic rings. The first-order chi connectivity index (χ1) is 31.5. The summed E-state index contributed by atoms with van der Waals surface area (Å²) in [6.07, 6.45) is -3.91. The molecular formula is C48H52F4N4O10. The molecule has 6 aliphatic rings. The molecule has 18 heteroatoms. The van der Waals surface area contributed by atoms with Crippen molar-refractivity contribution in [3.8, 4) is 11.5 Å². The van der Waals surface area contributed by atoms with Crippen molar-refractivity contribution in [3.05, 3.63) is 118 Å². The molecule has 10 atom stereocenters. The minimum atomic E-state index is -1.44. The molecule has 4 aliphatic heterocycles. The lowest BCUT2D eigenvalue weighted by Crippen LogP contribution is -2.49. The van der Waals surface area contributed by atoms with Crippen LogP contribution in [-0.2, 0) is 22.4 Å². The number of β-amino-alcohol motifs (C(OH)–C–C–N with tert-alkyl or cyclic N) is 4. The Balaban J connectivity index is 0.000000166. The fraction of sp³-hybridized carbons (Fsp3) is 0.458. The summed E-state index contributed by atoms with van der Waals surface area (Å²) in [6, 6.07) is 17.7. The summed E-state index contributed by atoms with van der Waals surface area (Å²) in [5.74, 6) is -3.27. The predicted molar refractivity (Wildman–Crippen MR) is 229 cm³/mol. The van der Waals surface area contributed by atoms with Crippen LogP contribution in [0.2, 0.25) is 0 Å². The number of aliphatic hydroxyl groups excluding tert-OH is 4. The minimum absolute atomic E-state index is 0.0306. The van der Waals surface area contributed by atoms with Gasteiger partial charge >= 0.3 is 0 Å². The van der Waals surface area contributed by atoms with Crippen LogP contribution in [0, 0.1) is 35.1 Å². The van der Waals surface area contributed by atoms with Crippen molar-refractivity contribution >= 4 is 23.2 Å². The Bertz CT molecular complexity index is 2330. The molecule has 2 saturated carbocycles. The Kier molecular flexibility index (Phi) is 12.6. The highest BCUT2D eigenvalue weighted by atomic mass is 19.1. The summed E-state index contributed by atoms with van der Waals surface area (Å²) in [5.41, 5.74) is -0.483. The Morgan fingerprint density at radius 3 is 1.38 bits per heavy atom. The number of carbonyl (C=O) groups excluding carboxylic acids is 2. The van der Waals surface area contributed by atoms with Crippen molar-refractivity contribution in [1.82, 2.24) is 9.80 Å². The summed E-state index contributed by atoms with van der Waals surface area (Å²) in [6.45, 7) is 1.33. The van der Waals surface area contributed by atoms with Gasteiger partial charge in [0.1, 0.15) is 47.3 Å². The maximum Gasteiger partial charge on any atom is 0.224 e. The third kappa shape index (κ3) is 8.88. The molecule has 10 rings (SSSR count). The van der Waals surface area contributed by atoms with Crippen molar-refractivity contribution in [2.24, 2.45) is 11.8 Å². The van der Waals surface area contributed by atoms with Gasteiger partial charge < -0.3 is 50.7 Å². The largest absolute Gasteiger partial charge is 0.485 e. The zero-order valence-electron chi connectivity index (χ0n) is 35.8. The van der Waals surface area contributed by atoms with Crippen LogP contribution in [0.4, 0.5) is 28.9 Å². The van der Waals surface area contributed by atoms with Gasteiger partial charge in [-0.05, 0) is 84.3 Å². The summed E-state index contributed by atoms with van der Waals surface area (Å²) in [4.78, 5) is 26.7. The van der Waals surface area contributed by atoms with Crippen LogP contribution in [-0.4, -0.2) is 127 Å². The third-order valence-corrected chi connectivity index (χ3v) is 14.1. The van der Waals surface area contributed by atoms with Crippen molar-refractivity contribution in [3.63, 3.8) is 0 Å². The van der Waals surface area contributed by atoms with E-state index < -0.39 is 71.1 Å². The first-order valence-corrected chi connectivity index (χ1v) is 22.2. The minimum Gasteiger partial charge on any atom is -0.485 e. The van der Waals surface area contributed by atoms with E-state index >= 15 is 0 Å². The fourth-order valence-electron chi connectivity index (χ4n) is 10.7. The maximum absolute atomic E-state index is 14.5. The number of nitrogens with zero attached hydrogens (tertiary/aromatic N) is 2. The number of fused-ring (bicyclic) bond motifs is 4. The van der Waals surface area contributed by atoms with Gasteiger partial charge in [-0.2, -0.15) is 0 Å². The van der Waals surface area contributed by atoms with Crippen LogP contribution < -0.4 is 20.1 Å². The number of carbonyl (C=O) groups is 2. The molecule has 0 spiro atoms. The van der Waals surface area contributed by atoms with Crippen LogP contribution in [0.5, 0.6) is 11.5 Å². The molecule has 4 aromatic carbocycles. The number of para-hydroxylation sites is 2. The summed E-state index contributed by atoms with van der Waals surface area (Å²) < 4.78 is 68.1. The molecule has 2 saturated heterocycles. The van der Waals surface area contributed by atoms with Gasteiger partial charge in [-0.15, -0.1) is 0 Å². The number of benzene rings is 4. The molecule has 2 aliphatic carbocycles. The number of aryl methyl sites for hydroxylation is 2. The van der Waals surface area contributed by atoms with E-state index in [9.17, 15) is 57.8 Å². The first-order valence-electron chi connectivity index (χ1n) is 22.2. The average Bonchev–Trinajstić information content (AvgIpc) is 3.92. The number of rotatable bonds is 10. The highest BCUT2D eigenvalue weighted by Crippen LogP contribution is 2.46. The van der Waals surface area contributed by atoms with Gasteiger partial charge in [-0.25, -0.2) is 17.6 Å². The van der Waals surface area contributed by atoms with E-state index in [0.717, 1.165) is 0 Å². The van der Waals surface area contributed by atoms with Crippen LogP contribution in [0.25, 0.3) is 0 Å². The van der Waals surface area contributed by atoms with Crippen molar-refractivity contribution < 1.29 is 67.3 Å². The molecule has 14 nitrogen and oxygen atoms in total. The van der Waals surface area contributed by atoms with Crippen LogP contribution in [0.1, 0.15) is 60.1 Å². The number of nitrogens with one attached hydrogen (secondary N) is 2. The van der Waals surface area contributed by atoms with Crippen molar-refractivity contribution in [1.29, 1.82) is 0 Å². The normalized spacial score (nSPS) is 30.0. The number of anilines is 2. The number of halogens is 4. The van der Waals surface area contributed by atoms with Gasteiger partial charge in [0.15, 0.2) is 23.1 Å². The van der Waals surface area contributed by atoms with Gasteiger partial charge in [0.05, 0.1) is 23.6 Å². The zero-order chi connectivity index (χ0) is 46.7. The quantitative estimate of drug-likeness (QED) is 0.108. The zero-order valence-corrected chi connectivity index (χ0v) is 35.8. The average molecular weight is 921 g/mol. The molecule has 352 valence electrons. The lowest BCUT2D eigenvalue weighted by atomic mass is 9.93. The fourth-order valence-corrected chi connectivity index (χ4v) is 10.7. The molecule has 4 heterocycles. The highest BCUT2D eigenvalue weighted by Gasteiger charge is 2.60. The van der Waals surface area contributed by atoms with Gasteiger partial charge in [-0.3, -0.25) is 19.4 Å². The van der Waals surface area contributed by atoms with E-state index in [1.807, 2.05) is 9.80 Å². The maximum atomic E-state index is 14.5. The molecule has 0 aromatic heterocycles. The van der Waals surface area contributed by atoms with Gasteiger partial charge in [0, 0.05) is 63.9 Å². The standard InChI is InChI=1S/2C24H26F2N2O5/c2*25-16-3-1-2-4-19(16)33-20-9-15-10-28(12-24(15,32)23(20)31)11-18(29)14-7-13-5-6-21(30)27-22(13)17(26)8-14/h2*1-4,7-8,15,18,20,23,29,31-32H,5-6,9-12H2,(H,27,30)/t2*15-,18?,20+,23+,24-/m11/s1. The lowest BCUT2D eigenvalue weighted by Gasteiger charge is -2.29. The number of aliphatic hydroxyl groups is 6. The van der Waals surface area contributed by atoms with E-state index in [-0.39, 0.29) is 85.5 Å². The lowest BCUT2D eigenvalue weighted by molar-refractivity contribution is -0.117. The predicted octanol–water partition coefficient (Wildman–Crippen LogP) is 3.52. The van der Waals surface area contributed by atoms with Crippen LogP contribution in [0.15, 0.2) is 72.8 Å². The number of hydrogen-bond donors (Lipinski definition) is 8. The highest BCUT2D eigenvalue weighted by molar-refractivity contribution is 5.94. The summed E-state index contributed by atoms with van der Waals surface area (Å²) in [5, 5.41) is 70.4. The monoisotopic (exact) mass is 920 g/mol. The topological polar surface area (TPSA) is 205 Å². The van der Waals surface area contributed by atoms with E-state index in [4.69, 9.17) is 9.47 Å². The van der Waals surface area contributed by atoms with E-state index in [0.29, 0.717) is 61.0 Å². The number of hydrogen-bond acceptors (Lipinski definition) is 12. The van der Waals surface area contributed by atoms with E-state index in [1.165, 1.54) is 36.4 Å². The van der Waals surface area contributed by atoms with E-state index in [2.05, 4.69) is 10.6 Å². The van der Waals surface area contributed by atoms with Gasteiger partial charge in [0.2, 0.25) is 11.8 Å². The molecule has 2 unspecified atom stereocenters. The third-order valence-electron chi connectivity index (χ3n) is 14.1. The van der Waals surface area contributed by atoms with Crippen molar-refractivity contribution in [2.75, 3.05) is 49.9 Å². The van der Waals surface area contributed by atoms with Gasteiger partial charge in [0.25, 0.3) is 0 Å². The molecule has 8 N–H and O–H groups in total. The number of likely N-dealkylation sites (tertiary alicyclic amines) is 2. The molecular weight excluding hydrogens is 869 g/mol. The number of amides is 2. The Morgan fingerprint density at radius 2 is 1.00 bits per heavy atom. The van der Waals surface area contributed by atoms with Crippen LogP contribution >= 0.6 is 0 Å². The van der Waals surface area contributed by atoms with E-state index in [1.54, 1.807) is 36.4 Å². The smallest absolute Gasteiger partial charge is 0.224 e. The molecule has 0 radical (unpaired) electrons. The van der Waals surface area contributed by atoms with Gasteiger partial charge in [-0.1, -0.05) is 36.4 Å². The Hall–Kier alpha value is -5.18. The second-order valence-corrected chi connectivity index (χ2v) is 18.5. The van der Waals surface area contributed by atoms with Crippen LogP contribution in [0.3, 0.4) is 0 Å². The molecule has 2 amide bonds. The SMILES string of the molecule is O=C1CCc2cc(C(O)CN3C[C@H]4C[C@H](Oc5ccccc5F)[C@H](O)[C@@]4(O)C3)cc(F)c2N1.O=C1CCc2cc(C(O)CN3C[C@H]4C[C@H](Oc5ccccc5F)[C@H](O)[C@@]4(O)C3)cc(F)c2N1. The molecule has 0 bridgehead atoms. The first kappa shape index (κ1) is 46.0. The Morgan fingerprint density at radius 1 is 0.606 bits per heavy atom. The van der Waals surface area contributed by atoms with Crippen molar-refractivity contribution in [2.45, 2.75) is 86.4 Å². The summed E-state index contributed by atoms with van der Waals surface area (Å²) in [7, 11) is 0. The second-order valence-electron chi connectivity index (χ2n) is 18.5. The molecule has 4 fully saturated rings. The number of ether oxygens (including phenoxy) is 2. The molecule has 66 heavy (non-hydrogen) atoms.